The maximum absolute atomic E-state index is 4.81. The molecule has 0 amide bonds. The van der Waals surface area contributed by atoms with Crippen LogP contribution < -0.4 is 0 Å². The molecule has 3 rings (SSSR count). The molecule has 0 aliphatic heterocycles. The van der Waals surface area contributed by atoms with Crippen LogP contribution in [0.4, 0.5) is 0 Å². The van der Waals surface area contributed by atoms with Gasteiger partial charge in [0.1, 0.15) is 5.82 Å². The van der Waals surface area contributed by atoms with Gasteiger partial charge in [0.25, 0.3) is 0 Å². The molecule has 0 bridgehead atoms. The van der Waals surface area contributed by atoms with Crippen LogP contribution in [-0.2, 0) is 12.5 Å². The first-order chi connectivity index (χ1) is 8.97. The van der Waals surface area contributed by atoms with Crippen LogP contribution in [0.2, 0.25) is 0 Å². The third-order valence-corrected chi connectivity index (χ3v) is 3.72. The lowest BCUT2D eigenvalue weighted by Gasteiger charge is -2.18. The van der Waals surface area contributed by atoms with E-state index in [4.69, 9.17) is 4.98 Å². The van der Waals surface area contributed by atoms with Crippen LogP contribution in [0.15, 0.2) is 18.2 Å². The number of benzene rings is 1. The molecular weight excluding hydrogens is 232 g/mol. The van der Waals surface area contributed by atoms with Gasteiger partial charge in [-0.3, -0.25) is 0 Å². The normalized spacial score (nSPS) is 15.3. The van der Waals surface area contributed by atoms with E-state index < -0.39 is 0 Å². The minimum absolute atomic E-state index is 0.200. The average Bonchev–Trinajstić information content (AvgIpc) is 3.16. The Kier molecular flexibility index (Phi) is 3.71. The molecular formula is C17H26N2. The molecule has 0 N–H and O–H groups in total. The van der Waals surface area contributed by atoms with E-state index in [0.717, 1.165) is 5.52 Å². The highest BCUT2D eigenvalue weighted by molar-refractivity contribution is 5.77. The van der Waals surface area contributed by atoms with Crippen molar-refractivity contribution in [2.75, 3.05) is 0 Å². The number of aryl methyl sites for hydroxylation is 1. The summed E-state index contributed by atoms with van der Waals surface area (Å²) < 4.78 is 2.26. The van der Waals surface area contributed by atoms with Crippen LogP contribution in [0, 0.1) is 0 Å². The first kappa shape index (κ1) is 14.1. The van der Waals surface area contributed by atoms with Crippen molar-refractivity contribution in [3.8, 4) is 0 Å². The fourth-order valence-corrected chi connectivity index (χ4v) is 2.39. The molecule has 0 saturated heterocycles. The van der Waals surface area contributed by atoms with Crippen molar-refractivity contribution in [2.45, 2.75) is 58.8 Å². The SMILES string of the molecule is CC.Cn1c(C2CC2)nc2cc(C(C)(C)C)ccc21. The molecule has 0 unspecified atom stereocenters. The van der Waals surface area contributed by atoms with Gasteiger partial charge in [0.15, 0.2) is 0 Å². The third-order valence-electron chi connectivity index (χ3n) is 3.72. The maximum atomic E-state index is 4.81. The number of nitrogens with zero attached hydrogens (tertiary/aromatic N) is 2. The zero-order valence-corrected chi connectivity index (χ0v) is 13.1. The van der Waals surface area contributed by atoms with E-state index in [1.165, 1.54) is 29.7 Å². The summed E-state index contributed by atoms with van der Waals surface area (Å²) in [6.07, 6.45) is 2.62. The summed E-state index contributed by atoms with van der Waals surface area (Å²) in [7, 11) is 2.14. The highest BCUT2D eigenvalue weighted by atomic mass is 15.1. The van der Waals surface area contributed by atoms with Crippen LogP contribution >= 0.6 is 0 Å². The van der Waals surface area contributed by atoms with Gasteiger partial charge in [-0.2, -0.15) is 0 Å². The Morgan fingerprint density at radius 1 is 1.16 bits per heavy atom. The van der Waals surface area contributed by atoms with E-state index in [1.807, 2.05) is 13.8 Å². The van der Waals surface area contributed by atoms with Gasteiger partial charge in [0, 0.05) is 13.0 Å². The molecule has 0 radical (unpaired) electrons. The van der Waals surface area contributed by atoms with Crippen molar-refractivity contribution in [1.82, 2.24) is 9.55 Å². The largest absolute Gasteiger partial charge is 0.331 e. The summed E-state index contributed by atoms with van der Waals surface area (Å²) in [4.78, 5) is 4.81. The van der Waals surface area contributed by atoms with Crippen molar-refractivity contribution in [1.29, 1.82) is 0 Å². The second-order valence-electron chi connectivity index (χ2n) is 6.26. The van der Waals surface area contributed by atoms with Crippen molar-refractivity contribution in [2.24, 2.45) is 7.05 Å². The predicted octanol–water partition coefficient (Wildman–Crippen LogP) is 4.77. The zero-order chi connectivity index (χ0) is 14.2. The van der Waals surface area contributed by atoms with Crippen molar-refractivity contribution in [3.63, 3.8) is 0 Å². The Morgan fingerprint density at radius 2 is 1.79 bits per heavy atom. The van der Waals surface area contributed by atoms with Crippen LogP contribution in [0.25, 0.3) is 11.0 Å². The minimum Gasteiger partial charge on any atom is -0.331 e. The molecule has 104 valence electrons. The van der Waals surface area contributed by atoms with Crippen LogP contribution in [0.5, 0.6) is 0 Å². The second-order valence-corrected chi connectivity index (χ2v) is 6.26. The van der Waals surface area contributed by atoms with Crippen molar-refractivity contribution < 1.29 is 0 Å². The lowest BCUT2D eigenvalue weighted by molar-refractivity contribution is 0.591. The fraction of sp³-hybridized carbons (Fsp3) is 0.588. The van der Waals surface area contributed by atoms with Gasteiger partial charge >= 0.3 is 0 Å². The minimum atomic E-state index is 0.200. The molecule has 2 heteroatoms. The van der Waals surface area contributed by atoms with Crippen molar-refractivity contribution in [3.05, 3.63) is 29.6 Å². The monoisotopic (exact) mass is 258 g/mol. The summed E-state index contributed by atoms with van der Waals surface area (Å²) in [6, 6.07) is 6.71. The van der Waals surface area contributed by atoms with E-state index in [-0.39, 0.29) is 5.41 Å². The van der Waals surface area contributed by atoms with Gasteiger partial charge in [0.05, 0.1) is 11.0 Å². The topological polar surface area (TPSA) is 17.8 Å². The number of aromatic nitrogens is 2. The third kappa shape index (κ3) is 2.68. The van der Waals surface area contributed by atoms with E-state index in [1.54, 1.807) is 0 Å². The molecule has 1 aromatic heterocycles. The van der Waals surface area contributed by atoms with E-state index >= 15 is 0 Å². The van der Waals surface area contributed by atoms with E-state index in [0.29, 0.717) is 5.92 Å². The summed E-state index contributed by atoms with van der Waals surface area (Å²) in [5, 5.41) is 0. The molecule has 0 spiro atoms. The van der Waals surface area contributed by atoms with Gasteiger partial charge in [-0.1, -0.05) is 40.7 Å². The molecule has 0 atom stereocenters. The Balaban J connectivity index is 0.000000637. The molecule has 2 aromatic rings. The van der Waals surface area contributed by atoms with Gasteiger partial charge in [0.2, 0.25) is 0 Å². The number of rotatable bonds is 1. The first-order valence-corrected chi connectivity index (χ1v) is 7.43. The number of fused-ring (bicyclic) bond motifs is 1. The summed E-state index contributed by atoms with van der Waals surface area (Å²) in [5.41, 5.74) is 3.98. The zero-order valence-electron chi connectivity index (χ0n) is 13.1. The smallest absolute Gasteiger partial charge is 0.112 e. The number of hydrogen-bond acceptors (Lipinski definition) is 1. The molecule has 19 heavy (non-hydrogen) atoms. The molecule has 1 aliphatic carbocycles. The van der Waals surface area contributed by atoms with Gasteiger partial charge in [-0.15, -0.1) is 0 Å². The quantitative estimate of drug-likeness (QED) is 0.720. The lowest BCUT2D eigenvalue weighted by Crippen LogP contribution is -2.10. The summed E-state index contributed by atoms with van der Waals surface area (Å²) in [5.74, 6) is 1.98. The molecule has 1 heterocycles. The van der Waals surface area contributed by atoms with Gasteiger partial charge in [-0.05, 0) is 36.0 Å². The average molecular weight is 258 g/mol. The second kappa shape index (κ2) is 4.99. The lowest BCUT2D eigenvalue weighted by atomic mass is 9.87. The molecule has 1 aromatic carbocycles. The number of hydrogen-bond donors (Lipinski definition) is 0. The Hall–Kier alpha value is -1.31. The summed E-state index contributed by atoms with van der Waals surface area (Å²) in [6.45, 7) is 10.7. The van der Waals surface area contributed by atoms with Gasteiger partial charge in [-0.25, -0.2) is 4.98 Å². The van der Waals surface area contributed by atoms with E-state index in [9.17, 15) is 0 Å². The standard InChI is InChI=1S/C15H20N2.C2H6/c1-15(2,3)11-7-8-13-12(9-11)16-14(17(13)4)10-5-6-10;1-2/h7-10H,5-6H2,1-4H3;1-2H3. The molecule has 1 aliphatic rings. The first-order valence-electron chi connectivity index (χ1n) is 7.43. The Morgan fingerprint density at radius 3 is 2.32 bits per heavy atom. The van der Waals surface area contributed by atoms with Crippen molar-refractivity contribution >= 4 is 11.0 Å². The summed E-state index contributed by atoms with van der Waals surface area (Å²) >= 11 is 0. The molecule has 1 fully saturated rings. The Labute approximate surface area is 116 Å². The number of imidazole rings is 1. The predicted molar refractivity (Wildman–Crippen MR) is 82.7 cm³/mol. The van der Waals surface area contributed by atoms with Crippen LogP contribution in [0.1, 0.15) is 64.8 Å². The van der Waals surface area contributed by atoms with Crippen LogP contribution in [-0.4, -0.2) is 9.55 Å². The van der Waals surface area contributed by atoms with Gasteiger partial charge < -0.3 is 4.57 Å². The maximum Gasteiger partial charge on any atom is 0.112 e. The highest BCUT2D eigenvalue weighted by Crippen LogP contribution is 2.40. The highest BCUT2D eigenvalue weighted by Gasteiger charge is 2.28. The molecule has 1 saturated carbocycles. The molecule has 2 nitrogen and oxygen atoms in total. The van der Waals surface area contributed by atoms with E-state index in [2.05, 4.69) is 50.6 Å². The fourth-order valence-electron chi connectivity index (χ4n) is 2.39. The Bertz CT molecular complexity index is 569. The van der Waals surface area contributed by atoms with Crippen LogP contribution in [0.3, 0.4) is 0 Å².